The zero-order chi connectivity index (χ0) is 14.1. The first-order valence-electron chi connectivity index (χ1n) is 7.02. The molecule has 2 heterocycles. The van der Waals surface area contributed by atoms with Crippen LogP contribution in [-0.4, -0.2) is 52.6 Å². The van der Waals surface area contributed by atoms with Gasteiger partial charge >= 0.3 is 0 Å². The number of imide groups is 1. The van der Waals surface area contributed by atoms with Crippen LogP contribution in [0.25, 0.3) is 0 Å². The van der Waals surface area contributed by atoms with Crippen molar-refractivity contribution in [3.05, 3.63) is 35.4 Å². The molecule has 0 saturated carbocycles. The molecule has 1 saturated heterocycles. The molecule has 1 fully saturated rings. The van der Waals surface area contributed by atoms with Gasteiger partial charge in [-0.05, 0) is 25.0 Å². The zero-order valence-electron chi connectivity index (χ0n) is 11.3. The normalized spacial score (nSPS) is 23.2. The summed E-state index contributed by atoms with van der Waals surface area (Å²) in [6, 6.07) is 6.97. The van der Waals surface area contributed by atoms with E-state index in [-0.39, 0.29) is 31.1 Å². The Labute approximate surface area is 117 Å². The van der Waals surface area contributed by atoms with Gasteiger partial charge in [-0.3, -0.25) is 19.4 Å². The van der Waals surface area contributed by atoms with Crippen molar-refractivity contribution < 1.29 is 14.7 Å². The van der Waals surface area contributed by atoms with E-state index in [1.54, 1.807) is 24.3 Å². The molecule has 1 aromatic rings. The smallest absolute Gasteiger partial charge is 0.262 e. The molecule has 2 amide bonds. The highest BCUT2D eigenvalue weighted by Crippen LogP contribution is 2.24. The van der Waals surface area contributed by atoms with Crippen LogP contribution in [0.3, 0.4) is 0 Å². The SMILES string of the molecule is O=C1c2ccccc2C(=O)N1CN1CCCCC1CO. The third-order valence-corrected chi connectivity index (χ3v) is 4.16. The van der Waals surface area contributed by atoms with Crippen molar-refractivity contribution in [1.82, 2.24) is 9.80 Å². The number of aliphatic hydroxyl groups is 1. The topological polar surface area (TPSA) is 60.9 Å². The van der Waals surface area contributed by atoms with Crippen molar-refractivity contribution in [3.8, 4) is 0 Å². The summed E-state index contributed by atoms with van der Waals surface area (Å²) in [7, 11) is 0. The molecule has 0 aromatic heterocycles. The van der Waals surface area contributed by atoms with E-state index in [9.17, 15) is 14.7 Å². The third-order valence-electron chi connectivity index (χ3n) is 4.16. The summed E-state index contributed by atoms with van der Waals surface area (Å²) in [6.45, 7) is 1.17. The Morgan fingerprint density at radius 2 is 1.75 bits per heavy atom. The number of hydrogen-bond acceptors (Lipinski definition) is 4. The van der Waals surface area contributed by atoms with Crippen LogP contribution in [0.15, 0.2) is 24.3 Å². The van der Waals surface area contributed by atoms with Gasteiger partial charge in [-0.2, -0.15) is 0 Å². The molecule has 5 nitrogen and oxygen atoms in total. The lowest BCUT2D eigenvalue weighted by molar-refractivity contribution is 0.0310. The third kappa shape index (κ3) is 2.13. The minimum absolute atomic E-state index is 0.0491. The predicted octanol–water partition coefficient (Wildman–Crippen LogP) is 1.09. The minimum Gasteiger partial charge on any atom is -0.395 e. The fraction of sp³-hybridized carbons (Fsp3) is 0.467. The Hall–Kier alpha value is -1.72. The van der Waals surface area contributed by atoms with Gasteiger partial charge in [0.1, 0.15) is 0 Å². The molecule has 20 heavy (non-hydrogen) atoms. The first kappa shape index (κ1) is 13.3. The van der Waals surface area contributed by atoms with Crippen LogP contribution in [0, 0.1) is 0 Å². The lowest BCUT2D eigenvalue weighted by Gasteiger charge is -2.36. The average Bonchev–Trinajstić information content (AvgIpc) is 2.73. The van der Waals surface area contributed by atoms with Gasteiger partial charge in [0.05, 0.1) is 24.4 Å². The summed E-state index contributed by atoms with van der Waals surface area (Å²) in [6.07, 6.45) is 3.04. The van der Waals surface area contributed by atoms with E-state index in [1.807, 2.05) is 4.90 Å². The van der Waals surface area contributed by atoms with Crippen LogP contribution in [0.1, 0.15) is 40.0 Å². The number of carbonyl (C=O) groups excluding carboxylic acids is 2. The molecule has 0 spiro atoms. The summed E-state index contributed by atoms with van der Waals surface area (Å²) in [5.74, 6) is -0.458. The Morgan fingerprint density at radius 3 is 2.35 bits per heavy atom. The van der Waals surface area contributed by atoms with Crippen LogP contribution in [-0.2, 0) is 0 Å². The number of likely N-dealkylation sites (tertiary alicyclic amines) is 1. The maximum atomic E-state index is 12.3. The number of benzene rings is 1. The second-order valence-corrected chi connectivity index (χ2v) is 5.37. The lowest BCUT2D eigenvalue weighted by atomic mass is 10.0. The van der Waals surface area contributed by atoms with Gasteiger partial charge in [0.25, 0.3) is 11.8 Å². The highest BCUT2D eigenvalue weighted by molar-refractivity contribution is 6.21. The second-order valence-electron chi connectivity index (χ2n) is 5.37. The first-order chi connectivity index (χ1) is 9.72. The Balaban J connectivity index is 1.79. The highest BCUT2D eigenvalue weighted by Gasteiger charge is 2.37. The van der Waals surface area contributed by atoms with Gasteiger partial charge in [0.2, 0.25) is 0 Å². The molecule has 1 unspecified atom stereocenters. The molecule has 0 bridgehead atoms. The molecular formula is C15H18N2O3. The molecule has 1 atom stereocenters. The Morgan fingerprint density at radius 1 is 1.10 bits per heavy atom. The minimum atomic E-state index is -0.229. The predicted molar refractivity (Wildman–Crippen MR) is 73.2 cm³/mol. The summed E-state index contributed by atoms with van der Waals surface area (Å²) in [5.41, 5.74) is 0.963. The van der Waals surface area contributed by atoms with Gasteiger partial charge in [0, 0.05) is 12.6 Å². The maximum Gasteiger partial charge on any atom is 0.262 e. The molecule has 1 N–H and O–H groups in total. The number of carbonyl (C=O) groups is 2. The van der Waals surface area contributed by atoms with Crippen molar-refractivity contribution in [1.29, 1.82) is 0 Å². The molecule has 3 rings (SSSR count). The zero-order valence-corrected chi connectivity index (χ0v) is 11.3. The summed E-state index contributed by atoms with van der Waals surface area (Å²) >= 11 is 0. The van der Waals surface area contributed by atoms with E-state index in [0.717, 1.165) is 25.8 Å². The Bertz CT molecular complexity index is 509. The number of rotatable bonds is 3. The molecule has 0 aliphatic carbocycles. The summed E-state index contributed by atoms with van der Waals surface area (Å²) in [4.78, 5) is 27.9. The van der Waals surface area contributed by atoms with E-state index in [0.29, 0.717) is 11.1 Å². The number of amides is 2. The maximum absolute atomic E-state index is 12.3. The fourth-order valence-electron chi connectivity index (χ4n) is 3.00. The van der Waals surface area contributed by atoms with E-state index in [4.69, 9.17) is 0 Å². The van der Waals surface area contributed by atoms with Crippen molar-refractivity contribution in [2.75, 3.05) is 19.8 Å². The van der Waals surface area contributed by atoms with E-state index >= 15 is 0 Å². The molecule has 2 aliphatic heterocycles. The second kappa shape index (κ2) is 5.34. The van der Waals surface area contributed by atoms with E-state index < -0.39 is 0 Å². The monoisotopic (exact) mass is 274 g/mol. The van der Waals surface area contributed by atoms with E-state index in [2.05, 4.69) is 0 Å². The highest BCUT2D eigenvalue weighted by atomic mass is 16.3. The largest absolute Gasteiger partial charge is 0.395 e. The number of nitrogens with zero attached hydrogens (tertiary/aromatic N) is 2. The Kier molecular flexibility index (Phi) is 3.54. The van der Waals surface area contributed by atoms with Gasteiger partial charge in [-0.15, -0.1) is 0 Å². The number of piperidine rings is 1. The molecule has 0 radical (unpaired) electrons. The standard InChI is InChI=1S/C15H18N2O3/c18-9-11-5-3-4-8-16(11)10-17-14(19)12-6-1-2-7-13(12)15(17)20/h1-2,6-7,11,18H,3-5,8-10H2. The van der Waals surface area contributed by atoms with Crippen LogP contribution < -0.4 is 0 Å². The van der Waals surface area contributed by atoms with Crippen molar-refractivity contribution >= 4 is 11.8 Å². The summed E-state index contributed by atoms with van der Waals surface area (Å²) in [5, 5.41) is 9.41. The van der Waals surface area contributed by atoms with Crippen molar-refractivity contribution in [2.45, 2.75) is 25.3 Å². The molecule has 5 heteroatoms. The van der Waals surface area contributed by atoms with E-state index in [1.165, 1.54) is 4.90 Å². The molecule has 106 valence electrons. The van der Waals surface area contributed by atoms with Crippen molar-refractivity contribution in [3.63, 3.8) is 0 Å². The van der Waals surface area contributed by atoms with Crippen molar-refractivity contribution in [2.24, 2.45) is 0 Å². The number of fused-ring (bicyclic) bond motifs is 1. The molecule has 2 aliphatic rings. The van der Waals surface area contributed by atoms with Gasteiger partial charge in [-0.25, -0.2) is 0 Å². The van der Waals surface area contributed by atoms with Gasteiger partial charge in [0.15, 0.2) is 0 Å². The average molecular weight is 274 g/mol. The molecule has 1 aromatic carbocycles. The molecular weight excluding hydrogens is 256 g/mol. The van der Waals surface area contributed by atoms with Crippen LogP contribution in [0.4, 0.5) is 0 Å². The van der Waals surface area contributed by atoms with Crippen LogP contribution in [0.2, 0.25) is 0 Å². The van der Waals surface area contributed by atoms with Crippen LogP contribution in [0.5, 0.6) is 0 Å². The quantitative estimate of drug-likeness (QED) is 0.838. The summed E-state index contributed by atoms with van der Waals surface area (Å²) < 4.78 is 0. The number of hydrogen-bond donors (Lipinski definition) is 1. The lowest BCUT2D eigenvalue weighted by Crippen LogP contribution is -2.49. The number of aliphatic hydroxyl groups excluding tert-OH is 1. The fourth-order valence-corrected chi connectivity index (χ4v) is 3.00. The van der Waals surface area contributed by atoms with Crippen LogP contribution >= 0.6 is 0 Å². The van der Waals surface area contributed by atoms with Gasteiger partial charge < -0.3 is 5.11 Å². The van der Waals surface area contributed by atoms with Gasteiger partial charge in [-0.1, -0.05) is 18.6 Å². The first-order valence-corrected chi connectivity index (χ1v) is 7.02.